The maximum atomic E-state index is 12.7. The highest BCUT2D eigenvalue weighted by Crippen LogP contribution is 2.26. The molecule has 1 saturated heterocycles. The lowest BCUT2D eigenvalue weighted by Gasteiger charge is -2.33. The number of carbonyl (C=O) groups is 2. The molecule has 2 aromatic rings. The number of amides is 2. The van der Waals surface area contributed by atoms with Crippen molar-refractivity contribution < 1.29 is 9.59 Å². The van der Waals surface area contributed by atoms with Crippen molar-refractivity contribution in [3.63, 3.8) is 0 Å². The number of carbonyl (C=O) groups excluding carboxylic acids is 2. The summed E-state index contributed by atoms with van der Waals surface area (Å²) in [7, 11) is 0. The van der Waals surface area contributed by atoms with Gasteiger partial charge in [0.25, 0.3) is 5.91 Å². The van der Waals surface area contributed by atoms with Gasteiger partial charge in [0.2, 0.25) is 5.91 Å². The second-order valence-electron chi connectivity index (χ2n) is 6.81. The summed E-state index contributed by atoms with van der Waals surface area (Å²) >= 11 is 0. The molecule has 1 atom stereocenters. The molecule has 4 rings (SSSR count). The molecule has 136 valence electrons. The van der Waals surface area contributed by atoms with E-state index >= 15 is 0 Å². The van der Waals surface area contributed by atoms with Gasteiger partial charge < -0.3 is 14.4 Å². The van der Waals surface area contributed by atoms with Crippen molar-refractivity contribution in [2.75, 3.05) is 19.6 Å². The van der Waals surface area contributed by atoms with Gasteiger partial charge in [-0.1, -0.05) is 0 Å². The van der Waals surface area contributed by atoms with Gasteiger partial charge in [0.05, 0.1) is 24.4 Å². The van der Waals surface area contributed by atoms with Crippen molar-refractivity contribution in [3.8, 4) is 0 Å². The third kappa shape index (κ3) is 3.07. The number of hydrogen-bond acceptors (Lipinski definition) is 5. The van der Waals surface area contributed by atoms with Crippen LogP contribution in [0.5, 0.6) is 0 Å². The Hall–Kier alpha value is -2.77. The summed E-state index contributed by atoms with van der Waals surface area (Å²) in [5.74, 6) is 0.811. The summed E-state index contributed by atoms with van der Waals surface area (Å²) < 4.78 is 2.05. The Kier molecular flexibility index (Phi) is 4.40. The van der Waals surface area contributed by atoms with Crippen LogP contribution in [0.4, 0.5) is 0 Å². The molecule has 0 unspecified atom stereocenters. The van der Waals surface area contributed by atoms with Crippen LogP contribution in [-0.4, -0.2) is 60.8 Å². The van der Waals surface area contributed by atoms with Crippen LogP contribution < -0.4 is 0 Å². The molecule has 1 fully saturated rings. The van der Waals surface area contributed by atoms with Crippen molar-refractivity contribution >= 4 is 11.8 Å². The van der Waals surface area contributed by atoms with Crippen LogP contribution in [0, 0.1) is 0 Å². The van der Waals surface area contributed by atoms with E-state index in [2.05, 4.69) is 19.5 Å². The summed E-state index contributed by atoms with van der Waals surface area (Å²) in [6.45, 7) is 4.90. The Morgan fingerprint density at radius 3 is 2.69 bits per heavy atom. The van der Waals surface area contributed by atoms with Crippen LogP contribution in [0.15, 0.2) is 24.8 Å². The Morgan fingerprint density at radius 2 is 1.96 bits per heavy atom. The summed E-state index contributed by atoms with van der Waals surface area (Å²) in [5, 5.41) is 0. The molecule has 8 nitrogen and oxygen atoms in total. The largest absolute Gasteiger partial charge is 0.342 e. The maximum absolute atomic E-state index is 12.7. The third-order valence-corrected chi connectivity index (χ3v) is 5.11. The first-order valence-corrected chi connectivity index (χ1v) is 9.04. The minimum atomic E-state index is -0.172. The van der Waals surface area contributed by atoms with Gasteiger partial charge in [0, 0.05) is 44.8 Å². The predicted octanol–water partition coefficient (Wildman–Crippen LogP) is 1.05. The van der Waals surface area contributed by atoms with Crippen LogP contribution in [0.1, 0.15) is 47.8 Å². The van der Waals surface area contributed by atoms with Gasteiger partial charge in [-0.05, 0) is 19.8 Å². The molecule has 2 aromatic heterocycles. The topological polar surface area (TPSA) is 84.2 Å². The second kappa shape index (κ2) is 6.86. The van der Waals surface area contributed by atoms with Crippen LogP contribution >= 0.6 is 0 Å². The monoisotopic (exact) mass is 354 g/mol. The molecular weight excluding hydrogens is 332 g/mol. The Labute approximate surface area is 151 Å². The van der Waals surface area contributed by atoms with Crippen molar-refractivity contribution in [1.82, 2.24) is 29.3 Å². The number of rotatable bonds is 3. The summed E-state index contributed by atoms with van der Waals surface area (Å²) in [6, 6.07) is -0.172. The highest BCUT2D eigenvalue weighted by atomic mass is 16.2. The van der Waals surface area contributed by atoms with E-state index in [1.54, 1.807) is 11.1 Å². The molecule has 8 heteroatoms. The first kappa shape index (κ1) is 16.7. The van der Waals surface area contributed by atoms with Gasteiger partial charge >= 0.3 is 0 Å². The van der Waals surface area contributed by atoms with Crippen molar-refractivity contribution in [2.45, 2.75) is 38.8 Å². The molecular formula is C18H22N6O2. The number of aromatic nitrogens is 4. The van der Waals surface area contributed by atoms with Crippen LogP contribution in [0.2, 0.25) is 0 Å². The molecule has 26 heavy (non-hydrogen) atoms. The number of nitrogens with zero attached hydrogens (tertiary/aromatic N) is 6. The van der Waals surface area contributed by atoms with E-state index in [0.29, 0.717) is 25.2 Å². The average Bonchev–Trinajstić information content (AvgIpc) is 3.32. The Bertz CT molecular complexity index is 812. The fraction of sp³-hybridized carbons (Fsp3) is 0.500. The third-order valence-electron chi connectivity index (χ3n) is 5.11. The zero-order valence-corrected chi connectivity index (χ0v) is 14.8. The van der Waals surface area contributed by atoms with Gasteiger partial charge in [0.1, 0.15) is 11.5 Å². The number of likely N-dealkylation sites (tertiary alicyclic amines) is 1. The molecule has 4 heterocycles. The number of fused-ring (bicyclic) bond motifs is 1. The zero-order valence-electron chi connectivity index (χ0n) is 14.8. The number of hydrogen-bond donors (Lipinski definition) is 0. The molecule has 2 amide bonds. The van der Waals surface area contributed by atoms with Crippen LogP contribution in [0.3, 0.4) is 0 Å². The van der Waals surface area contributed by atoms with Crippen molar-refractivity contribution in [3.05, 3.63) is 42.0 Å². The van der Waals surface area contributed by atoms with Gasteiger partial charge in [-0.15, -0.1) is 0 Å². The molecule has 0 aromatic carbocycles. The molecule has 2 aliphatic rings. The molecule has 0 radical (unpaired) electrons. The second-order valence-corrected chi connectivity index (χ2v) is 6.81. The van der Waals surface area contributed by atoms with Crippen molar-refractivity contribution in [1.29, 1.82) is 0 Å². The first-order valence-electron chi connectivity index (χ1n) is 9.04. The summed E-state index contributed by atoms with van der Waals surface area (Å²) in [5.41, 5.74) is 1.11. The fourth-order valence-electron chi connectivity index (χ4n) is 3.70. The highest BCUT2D eigenvalue weighted by molar-refractivity contribution is 5.92. The molecule has 0 N–H and O–H groups in total. The minimum Gasteiger partial charge on any atom is -0.342 e. The van der Waals surface area contributed by atoms with E-state index in [4.69, 9.17) is 0 Å². The van der Waals surface area contributed by atoms with E-state index in [9.17, 15) is 9.59 Å². The van der Waals surface area contributed by atoms with E-state index in [1.807, 2.05) is 18.0 Å². The molecule has 0 saturated carbocycles. The summed E-state index contributed by atoms with van der Waals surface area (Å²) in [6.07, 6.45) is 8.99. The fourth-order valence-corrected chi connectivity index (χ4v) is 3.70. The Balaban J connectivity index is 1.50. The summed E-state index contributed by atoms with van der Waals surface area (Å²) in [4.78, 5) is 41.5. The normalized spacial score (nSPS) is 19.5. The minimum absolute atomic E-state index is 0.137. The quantitative estimate of drug-likeness (QED) is 0.823. The van der Waals surface area contributed by atoms with Gasteiger partial charge in [-0.25, -0.2) is 9.97 Å². The lowest BCUT2D eigenvalue weighted by atomic mass is 10.2. The number of imidazole rings is 1. The van der Waals surface area contributed by atoms with E-state index < -0.39 is 0 Å². The van der Waals surface area contributed by atoms with E-state index in [1.165, 1.54) is 12.4 Å². The average molecular weight is 354 g/mol. The standard InChI is InChI=1S/C18H22N6O2/c1-13-17-21-14(10-16(25)22-6-2-3-7-22)12-23(17)8-9-24(13)18(26)15-11-19-4-5-20-15/h4-5,11-13H,2-3,6-10H2,1H3/t13-/m0/s1. The first-order chi connectivity index (χ1) is 12.6. The Morgan fingerprint density at radius 1 is 1.15 bits per heavy atom. The SMILES string of the molecule is C[C@H]1c2nc(CC(=O)N3CCCC3)cn2CCN1C(=O)c1cnccn1. The van der Waals surface area contributed by atoms with Gasteiger partial charge in [-0.2, -0.15) is 0 Å². The van der Waals surface area contributed by atoms with Crippen molar-refractivity contribution in [2.24, 2.45) is 0 Å². The molecule has 0 bridgehead atoms. The van der Waals surface area contributed by atoms with Gasteiger partial charge in [-0.3, -0.25) is 14.6 Å². The van der Waals surface area contributed by atoms with Crippen LogP contribution in [0.25, 0.3) is 0 Å². The van der Waals surface area contributed by atoms with E-state index in [-0.39, 0.29) is 17.9 Å². The predicted molar refractivity (Wildman–Crippen MR) is 93.2 cm³/mol. The smallest absolute Gasteiger partial charge is 0.274 e. The lowest BCUT2D eigenvalue weighted by Crippen LogP contribution is -2.41. The van der Waals surface area contributed by atoms with Gasteiger partial charge in [0.15, 0.2) is 0 Å². The molecule has 0 aliphatic carbocycles. The lowest BCUT2D eigenvalue weighted by molar-refractivity contribution is -0.129. The highest BCUT2D eigenvalue weighted by Gasteiger charge is 2.31. The maximum Gasteiger partial charge on any atom is 0.274 e. The molecule has 0 spiro atoms. The van der Waals surface area contributed by atoms with E-state index in [0.717, 1.165) is 37.4 Å². The molecule has 2 aliphatic heterocycles. The zero-order chi connectivity index (χ0) is 18.1. The van der Waals surface area contributed by atoms with Crippen LogP contribution in [-0.2, 0) is 17.8 Å².